The summed E-state index contributed by atoms with van der Waals surface area (Å²) in [6.07, 6.45) is 0. The highest BCUT2D eigenvalue weighted by molar-refractivity contribution is 8.01. The predicted molar refractivity (Wildman–Crippen MR) is 113 cm³/mol. The van der Waals surface area contributed by atoms with Gasteiger partial charge in [0.2, 0.25) is 0 Å². The van der Waals surface area contributed by atoms with Crippen molar-refractivity contribution in [1.29, 1.82) is 0 Å². The van der Waals surface area contributed by atoms with Crippen LogP contribution in [0.2, 0.25) is 5.02 Å². The van der Waals surface area contributed by atoms with E-state index in [9.17, 15) is 9.59 Å². The van der Waals surface area contributed by atoms with E-state index in [0.29, 0.717) is 23.1 Å². The summed E-state index contributed by atoms with van der Waals surface area (Å²) < 4.78 is 12.0. The molecule has 146 valence electrons. The molecule has 28 heavy (non-hydrogen) atoms. The van der Waals surface area contributed by atoms with Gasteiger partial charge >= 0.3 is 5.97 Å². The van der Waals surface area contributed by atoms with Crippen LogP contribution < -0.4 is 10.1 Å². The zero-order chi connectivity index (χ0) is 19.9. The Morgan fingerprint density at radius 1 is 1.21 bits per heavy atom. The Bertz CT molecular complexity index is 976. The lowest BCUT2D eigenvalue weighted by Crippen LogP contribution is -2.20. The smallest absolute Gasteiger partial charge is 0.316 e. The minimum Gasteiger partial charge on any atom is -0.484 e. The number of ether oxygens (including phenoxy) is 2. The van der Waals surface area contributed by atoms with Gasteiger partial charge in [-0.1, -0.05) is 23.4 Å². The molecule has 0 unspecified atom stereocenters. The number of halogens is 1. The second-order valence-corrected chi connectivity index (χ2v) is 8.24. The third kappa shape index (κ3) is 5.85. The molecule has 1 N–H and O–H groups in total. The Morgan fingerprint density at radius 2 is 2.00 bits per heavy atom. The number of hydrogen-bond donors (Lipinski definition) is 1. The number of nitrogens with zero attached hydrogens (tertiary/aromatic N) is 1. The topological polar surface area (TPSA) is 77.5 Å². The third-order valence-corrected chi connectivity index (χ3v) is 5.84. The zero-order valence-corrected chi connectivity index (χ0v) is 17.3. The molecule has 0 saturated heterocycles. The van der Waals surface area contributed by atoms with Gasteiger partial charge in [0, 0.05) is 10.7 Å². The van der Waals surface area contributed by atoms with Crippen LogP contribution in [0.3, 0.4) is 0 Å². The van der Waals surface area contributed by atoms with Crippen molar-refractivity contribution in [2.45, 2.75) is 11.3 Å². The van der Waals surface area contributed by atoms with Crippen molar-refractivity contribution in [2.24, 2.45) is 0 Å². The monoisotopic (exact) mass is 436 g/mol. The van der Waals surface area contributed by atoms with Gasteiger partial charge in [-0.05, 0) is 49.4 Å². The van der Waals surface area contributed by atoms with E-state index in [1.807, 2.05) is 12.1 Å². The highest BCUT2D eigenvalue weighted by atomic mass is 35.5. The number of thioether (sulfide) groups is 1. The number of nitrogens with one attached hydrogen (secondary N) is 1. The summed E-state index contributed by atoms with van der Waals surface area (Å²) in [4.78, 5) is 28.0. The second kappa shape index (κ2) is 9.77. The van der Waals surface area contributed by atoms with Crippen molar-refractivity contribution in [3.63, 3.8) is 0 Å². The molecule has 1 aromatic heterocycles. The molecule has 0 fully saturated rings. The van der Waals surface area contributed by atoms with Crippen LogP contribution >= 0.6 is 34.7 Å². The maximum absolute atomic E-state index is 12.1. The van der Waals surface area contributed by atoms with E-state index in [0.717, 1.165) is 14.6 Å². The second-order valence-electron chi connectivity index (χ2n) is 5.55. The van der Waals surface area contributed by atoms with E-state index >= 15 is 0 Å². The zero-order valence-electron chi connectivity index (χ0n) is 14.9. The number of carbonyl (C=O) groups is 2. The Morgan fingerprint density at radius 3 is 2.75 bits per heavy atom. The highest BCUT2D eigenvalue weighted by Gasteiger charge is 2.10. The summed E-state index contributed by atoms with van der Waals surface area (Å²) in [5.41, 5.74) is 1.47. The lowest BCUT2D eigenvalue weighted by Gasteiger charge is -2.07. The SMILES string of the molecule is CCOC(=O)CSc1nc2ccc(NC(=O)COc3ccc(Cl)cc3)cc2s1. The molecule has 0 aliphatic rings. The number of hydrogen-bond acceptors (Lipinski definition) is 7. The van der Waals surface area contributed by atoms with Gasteiger partial charge in [-0.25, -0.2) is 4.98 Å². The van der Waals surface area contributed by atoms with Crippen LogP contribution in [0.15, 0.2) is 46.8 Å². The number of aromatic nitrogens is 1. The van der Waals surface area contributed by atoms with E-state index in [-0.39, 0.29) is 24.2 Å². The largest absolute Gasteiger partial charge is 0.484 e. The summed E-state index contributed by atoms with van der Waals surface area (Å²) >= 11 is 8.61. The molecule has 3 rings (SSSR count). The Kier molecular flexibility index (Phi) is 7.13. The Labute approximate surface area is 175 Å². The van der Waals surface area contributed by atoms with Gasteiger partial charge in [-0.15, -0.1) is 11.3 Å². The summed E-state index contributed by atoms with van der Waals surface area (Å²) in [6, 6.07) is 12.3. The molecule has 2 aromatic carbocycles. The number of amides is 1. The average molecular weight is 437 g/mol. The summed E-state index contributed by atoms with van der Waals surface area (Å²) in [6.45, 7) is 2.03. The molecular weight excluding hydrogens is 420 g/mol. The first-order chi connectivity index (χ1) is 13.5. The van der Waals surface area contributed by atoms with Crippen LogP contribution in [0, 0.1) is 0 Å². The van der Waals surface area contributed by atoms with E-state index in [1.54, 1.807) is 37.3 Å². The van der Waals surface area contributed by atoms with Crippen LogP contribution in [-0.2, 0) is 14.3 Å². The number of benzene rings is 2. The van der Waals surface area contributed by atoms with Crippen LogP contribution in [0.5, 0.6) is 5.75 Å². The van der Waals surface area contributed by atoms with Gasteiger partial charge in [0.25, 0.3) is 5.91 Å². The minimum atomic E-state index is -0.268. The fourth-order valence-corrected chi connectivity index (χ4v) is 4.27. The van der Waals surface area contributed by atoms with Gasteiger partial charge in [0.05, 0.1) is 22.6 Å². The van der Waals surface area contributed by atoms with Gasteiger partial charge in [-0.3, -0.25) is 9.59 Å². The third-order valence-electron chi connectivity index (χ3n) is 3.45. The highest BCUT2D eigenvalue weighted by Crippen LogP contribution is 2.31. The molecule has 0 spiro atoms. The quantitative estimate of drug-likeness (QED) is 0.410. The molecule has 0 aliphatic carbocycles. The number of thiazole rings is 1. The van der Waals surface area contributed by atoms with Gasteiger partial charge in [0.1, 0.15) is 5.75 Å². The van der Waals surface area contributed by atoms with Crippen LogP contribution in [-0.4, -0.2) is 35.8 Å². The standard InChI is InChI=1S/C19H17ClN2O4S2/c1-2-25-18(24)11-27-19-22-15-8-5-13(9-16(15)28-19)21-17(23)10-26-14-6-3-12(20)4-7-14/h3-9H,2,10-11H2,1H3,(H,21,23). The first kappa shape index (κ1) is 20.4. The molecule has 0 saturated carbocycles. The van der Waals surface area contributed by atoms with E-state index in [1.165, 1.54) is 23.1 Å². The molecule has 0 bridgehead atoms. The molecule has 0 atom stereocenters. The average Bonchev–Trinajstić information content (AvgIpc) is 3.08. The first-order valence-electron chi connectivity index (χ1n) is 8.40. The molecule has 0 aliphatic heterocycles. The van der Waals surface area contributed by atoms with Crippen molar-refractivity contribution < 1.29 is 19.1 Å². The Hall–Kier alpha value is -2.29. The van der Waals surface area contributed by atoms with Crippen molar-refractivity contribution in [2.75, 3.05) is 24.3 Å². The van der Waals surface area contributed by atoms with E-state index < -0.39 is 0 Å². The normalized spacial score (nSPS) is 10.6. The lowest BCUT2D eigenvalue weighted by molar-refractivity contribution is -0.139. The molecule has 1 heterocycles. The van der Waals surface area contributed by atoms with Gasteiger partial charge in [0.15, 0.2) is 10.9 Å². The van der Waals surface area contributed by atoms with Crippen LogP contribution in [0.1, 0.15) is 6.92 Å². The molecule has 6 nitrogen and oxygen atoms in total. The molecule has 9 heteroatoms. The summed E-state index contributed by atoms with van der Waals surface area (Å²) in [7, 11) is 0. The fraction of sp³-hybridized carbons (Fsp3) is 0.211. The van der Waals surface area contributed by atoms with Crippen molar-refractivity contribution in [3.05, 3.63) is 47.5 Å². The maximum atomic E-state index is 12.1. The predicted octanol–water partition coefficient (Wildman–Crippen LogP) is 4.62. The van der Waals surface area contributed by atoms with Crippen LogP contribution in [0.4, 0.5) is 5.69 Å². The fourth-order valence-electron chi connectivity index (χ4n) is 2.24. The molecule has 3 aromatic rings. The molecular formula is C19H17ClN2O4S2. The lowest BCUT2D eigenvalue weighted by atomic mass is 10.3. The van der Waals surface area contributed by atoms with E-state index in [4.69, 9.17) is 21.1 Å². The molecule has 0 radical (unpaired) electrons. The Balaban J connectivity index is 1.56. The number of anilines is 1. The summed E-state index contributed by atoms with van der Waals surface area (Å²) in [5, 5.41) is 3.41. The maximum Gasteiger partial charge on any atom is 0.316 e. The molecule has 1 amide bonds. The summed E-state index contributed by atoms with van der Waals surface area (Å²) in [5.74, 6) is 0.260. The number of rotatable bonds is 8. The number of esters is 1. The van der Waals surface area contributed by atoms with Crippen molar-refractivity contribution in [3.8, 4) is 5.75 Å². The van der Waals surface area contributed by atoms with Crippen LogP contribution in [0.25, 0.3) is 10.2 Å². The first-order valence-corrected chi connectivity index (χ1v) is 10.6. The van der Waals surface area contributed by atoms with Crippen molar-refractivity contribution >= 4 is 62.5 Å². The minimum absolute atomic E-state index is 0.108. The number of fused-ring (bicyclic) bond motifs is 1. The van der Waals surface area contributed by atoms with Gasteiger partial charge in [-0.2, -0.15) is 0 Å². The number of carbonyl (C=O) groups excluding carboxylic acids is 2. The van der Waals surface area contributed by atoms with E-state index in [2.05, 4.69) is 10.3 Å². The van der Waals surface area contributed by atoms with Gasteiger partial charge < -0.3 is 14.8 Å². The van der Waals surface area contributed by atoms with Crippen molar-refractivity contribution in [1.82, 2.24) is 4.98 Å².